The first kappa shape index (κ1) is 15.8. The molecular formula is C15H21ClN4O. The number of hydrogen-bond acceptors (Lipinski definition) is 4. The van der Waals surface area contributed by atoms with Gasteiger partial charge in [0.15, 0.2) is 5.82 Å². The minimum Gasteiger partial charge on any atom is -0.485 e. The Morgan fingerprint density at radius 1 is 1.38 bits per heavy atom. The topological polar surface area (TPSA) is 52.0 Å². The van der Waals surface area contributed by atoms with Crippen LogP contribution in [0.15, 0.2) is 24.5 Å². The Balaban J connectivity index is 2.02. The molecule has 0 saturated carbocycles. The minimum atomic E-state index is 0.384. The van der Waals surface area contributed by atoms with Gasteiger partial charge in [0, 0.05) is 24.2 Å². The number of halogens is 1. The van der Waals surface area contributed by atoms with Crippen LogP contribution in [-0.4, -0.2) is 21.3 Å². The fourth-order valence-corrected chi connectivity index (χ4v) is 2.11. The summed E-state index contributed by atoms with van der Waals surface area (Å²) in [7, 11) is 1.85. The van der Waals surface area contributed by atoms with Gasteiger partial charge < -0.3 is 10.1 Å². The van der Waals surface area contributed by atoms with Gasteiger partial charge in [0.25, 0.3) is 0 Å². The Labute approximate surface area is 130 Å². The summed E-state index contributed by atoms with van der Waals surface area (Å²) in [5.41, 5.74) is 1.05. The molecule has 0 atom stereocenters. The van der Waals surface area contributed by atoms with Gasteiger partial charge in [-0.1, -0.05) is 25.4 Å². The lowest BCUT2D eigenvalue weighted by Crippen LogP contribution is -2.19. The van der Waals surface area contributed by atoms with Crippen molar-refractivity contribution in [3.8, 4) is 5.75 Å². The molecule has 1 aromatic carbocycles. The van der Waals surface area contributed by atoms with Crippen molar-refractivity contribution in [2.24, 2.45) is 13.0 Å². The SMILES string of the molecule is CC(C)CNCc1cc(Cl)ccc1OCc1ncnn1C. The standard InChI is InChI=1S/C15H21ClN4O/c1-11(2)7-17-8-12-6-13(16)4-5-14(12)21-9-15-18-10-19-20(15)3/h4-6,10-11,17H,7-9H2,1-3H3. The lowest BCUT2D eigenvalue weighted by atomic mass is 10.2. The van der Waals surface area contributed by atoms with Gasteiger partial charge in [-0.15, -0.1) is 0 Å². The van der Waals surface area contributed by atoms with Crippen LogP contribution in [-0.2, 0) is 20.2 Å². The van der Waals surface area contributed by atoms with Crippen LogP contribution in [0.25, 0.3) is 0 Å². The summed E-state index contributed by atoms with van der Waals surface area (Å²) in [6, 6.07) is 5.66. The number of hydrogen-bond donors (Lipinski definition) is 1. The summed E-state index contributed by atoms with van der Waals surface area (Å²) in [5.74, 6) is 2.21. The maximum atomic E-state index is 6.07. The molecule has 1 N–H and O–H groups in total. The summed E-state index contributed by atoms with van der Waals surface area (Å²) in [6.45, 7) is 6.42. The molecule has 5 nitrogen and oxygen atoms in total. The second-order valence-electron chi connectivity index (χ2n) is 5.37. The molecule has 0 aliphatic carbocycles. The van der Waals surface area contributed by atoms with E-state index < -0.39 is 0 Å². The van der Waals surface area contributed by atoms with Gasteiger partial charge in [-0.25, -0.2) is 4.98 Å². The highest BCUT2D eigenvalue weighted by atomic mass is 35.5. The van der Waals surface area contributed by atoms with Crippen LogP contribution in [0.3, 0.4) is 0 Å². The molecule has 0 aliphatic heterocycles. The van der Waals surface area contributed by atoms with Crippen molar-refractivity contribution in [1.29, 1.82) is 0 Å². The van der Waals surface area contributed by atoms with Crippen molar-refractivity contribution < 1.29 is 4.74 Å². The van der Waals surface area contributed by atoms with E-state index in [2.05, 4.69) is 29.2 Å². The van der Waals surface area contributed by atoms with Crippen molar-refractivity contribution in [3.63, 3.8) is 0 Å². The Bertz CT molecular complexity index is 583. The van der Waals surface area contributed by atoms with E-state index in [0.717, 1.165) is 30.2 Å². The van der Waals surface area contributed by atoms with E-state index in [4.69, 9.17) is 16.3 Å². The minimum absolute atomic E-state index is 0.384. The lowest BCUT2D eigenvalue weighted by Gasteiger charge is -2.13. The Kier molecular flexibility index (Phi) is 5.59. The van der Waals surface area contributed by atoms with Crippen LogP contribution in [0.1, 0.15) is 25.2 Å². The largest absolute Gasteiger partial charge is 0.485 e. The highest BCUT2D eigenvalue weighted by Crippen LogP contribution is 2.23. The predicted molar refractivity (Wildman–Crippen MR) is 83.3 cm³/mol. The average Bonchev–Trinajstić information content (AvgIpc) is 2.83. The summed E-state index contributed by atoms with van der Waals surface area (Å²) in [6.07, 6.45) is 1.52. The summed E-state index contributed by atoms with van der Waals surface area (Å²) in [4.78, 5) is 4.15. The third kappa shape index (κ3) is 4.72. The maximum absolute atomic E-state index is 6.07. The van der Waals surface area contributed by atoms with Crippen molar-refractivity contribution in [2.75, 3.05) is 6.54 Å². The normalized spacial score (nSPS) is 11.1. The van der Waals surface area contributed by atoms with Crippen LogP contribution < -0.4 is 10.1 Å². The number of aryl methyl sites for hydroxylation is 1. The van der Waals surface area contributed by atoms with Gasteiger partial charge in [0.2, 0.25) is 0 Å². The first-order chi connectivity index (χ1) is 10.1. The third-order valence-electron chi connectivity index (χ3n) is 3.05. The molecular weight excluding hydrogens is 288 g/mol. The van der Waals surface area contributed by atoms with Gasteiger partial charge in [-0.3, -0.25) is 4.68 Å². The van der Waals surface area contributed by atoms with Gasteiger partial charge in [-0.2, -0.15) is 5.10 Å². The molecule has 0 radical (unpaired) electrons. The van der Waals surface area contributed by atoms with Crippen molar-refractivity contribution >= 4 is 11.6 Å². The number of rotatable bonds is 7. The van der Waals surface area contributed by atoms with Crippen LogP contribution in [0.2, 0.25) is 5.02 Å². The van der Waals surface area contributed by atoms with E-state index in [1.54, 1.807) is 4.68 Å². The number of aromatic nitrogens is 3. The Morgan fingerprint density at radius 3 is 2.86 bits per heavy atom. The molecule has 2 aromatic rings. The maximum Gasteiger partial charge on any atom is 0.164 e. The molecule has 1 heterocycles. The fourth-order valence-electron chi connectivity index (χ4n) is 1.92. The zero-order valence-electron chi connectivity index (χ0n) is 12.6. The molecule has 114 valence electrons. The van der Waals surface area contributed by atoms with Crippen LogP contribution in [0, 0.1) is 5.92 Å². The average molecular weight is 309 g/mol. The van der Waals surface area contributed by atoms with Gasteiger partial charge in [0.1, 0.15) is 18.7 Å². The molecule has 0 unspecified atom stereocenters. The Morgan fingerprint density at radius 2 is 2.19 bits per heavy atom. The number of ether oxygens (including phenoxy) is 1. The molecule has 2 rings (SSSR count). The van der Waals surface area contributed by atoms with Crippen molar-refractivity contribution in [3.05, 3.63) is 40.9 Å². The molecule has 0 spiro atoms. The van der Waals surface area contributed by atoms with Gasteiger partial charge in [0.05, 0.1) is 0 Å². The van der Waals surface area contributed by atoms with E-state index in [1.165, 1.54) is 6.33 Å². The summed E-state index contributed by atoms with van der Waals surface area (Å²) < 4.78 is 7.55. The molecule has 0 fully saturated rings. The molecule has 0 saturated heterocycles. The zero-order valence-corrected chi connectivity index (χ0v) is 13.4. The van der Waals surface area contributed by atoms with E-state index in [9.17, 15) is 0 Å². The zero-order chi connectivity index (χ0) is 15.2. The third-order valence-corrected chi connectivity index (χ3v) is 3.29. The van der Waals surface area contributed by atoms with Crippen LogP contribution >= 0.6 is 11.6 Å². The summed E-state index contributed by atoms with van der Waals surface area (Å²) >= 11 is 6.07. The highest BCUT2D eigenvalue weighted by Gasteiger charge is 2.07. The van der Waals surface area contributed by atoms with E-state index in [1.807, 2.05) is 25.2 Å². The van der Waals surface area contributed by atoms with E-state index in [-0.39, 0.29) is 0 Å². The first-order valence-corrected chi connectivity index (χ1v) is 7.39. The molecule has 0 aliphatic rings. The second kappa shape index (κ2) is 7.43. The molecule has 6 heteroatoms. The number of benzene rings is 1. The smallest absolute Gasteiger partial charge is 0.164 e. The van der Waals surface area contributed by atoms with Crippen molar-refractivity contribution in [1.82, 2.24) is 20.1 Å². The Hall–Kier alpha value is -1.59. The van der Waals surface area contributed by atoms with Crippen LogP contribution in [0.5, 0.6) is 5.75 Å². The summed E-state index contributed by atoms with van der Waals surface area (Å²) in [5, 5.41) is 8.14. The lowest BCUT2D eigenvalue weighted by molar-refractivity contribution is 0.286. The molecule has 1 aromatic heterocycles. The number of nitrogens with zero attached hydrogens (tertiary/aromatic N) is 3. The fraction of sp³-hybridized carbons (Fsp3) is 0.467. The second-order valence-corrected chi connectivity index (χ2v) is 5.80. The first-order valence-electron chi connectivity index (χ1n) is 7.01. The molecule has 0 bridgehead atoms. The quantitative estimate of drug-likeness (QED) is 0.854. The molecule has 0 amide bonds. The van der Waals surface area contributed by atoms with Gasteiger partial charge >= 0.3 is 0 Å². The van der Waals surface area contributed by atoms with Crippen molar-refractivity contribution in [2.45, 2.75) is 27.0 Å². The molecule has 21 heavy (non-hydrogen) atoms. The highest BCUT2D eigenvalue weighted by molar-refractivity contribution is 6.30. The number of nitrogens with one attached hydrogen (secondary N) is 1. The predicted octanol–water partition coefficient (Wildman–Crippen LogP) is 2.79. The van der Waals surface area contributed by atoms with Crippen LogP contribution in [0.4, 0.5) is 0 Å². The monoisotopic (exact) mass is 308 g/mol. The van der Waals surface area contributed by atoms with Gasteiger partial charge in [-0.05, 0) is 30.7 Å². The van der Waals surface area contributed by atoms with E-state index >= 15 is 0 Å². The van der Waals surface area contributed by atoms with E-state index in [0.29, 0.717) is 17.5 Å².